The topological polar surface area (TPSA) is 37.8 Å². The van der Waals surface area contributed by atoms with Gasteiger partial charge in [-0.3, -0.25) is 0 Å². The van der Waals surface area contributed by atoms with E-state index in [4.69, 9.17) is 11.6 Å². The van der Waals surface area contributed by atoms with E-state index in [1.807, 2.05) is 0 Å². The fourth-order valence-electron chi connectivity index (χ4n) is 1.37. The molecule has 0 aromatic carbocycles. The number of hydrogen-bond donors (Lipinski definition) is 1. The molecule has 16 heavy (non-hydrogen) atoms. The smallest absolute Gasteiger partial charge is 0.368 e. The highest BCUT2D eigenvalue weighted by Crippen LogP contribution is 2.57. The molecule has 1 aromatic rings. The summed E-state index contributed by atoms with van der Waals surface area (Å²) in [6.07, 6.45) is -1.21. The normalized spacial score (nSPS) is 18.2. The van der Waals surface area contributed by atoms with Gasteiger partial charge in [-0.15, -0.1) is 0 Å². The van der Waals surface area contributed by atoms with Crippen LogP contribution in [-0.4, -0.2) is 22.7 Å². The van der Waals surface area contributed by atoms with Crippen molar-refractivity contribution in [2.45, 2.75) is 19.0 Å². The van der Waals surface area contributed by atoms with Crippen LogP contribution in [0, 0.1) is 5.41 Å². The van der Waals surface area contributed by atoms with Crippen LogP contribution in [-0.2, 0) is 0 Å². The number of alkyl halides is 3. The molecule has 0 amide bonds. The molecular weight excluding hydrogens is 243 g/mol. The van der Waals surface area contributed by atoms with Gasteiger partial charge >= 0.3 is 6.18 Å². The molecule has 1 aliphatic rings. The Hall–Kier alpha value is -1.04. The van der Waals surface area contributed by atoms with E-state index >= 15 is 0 Å². The maximum atomic E-state index is 12.6. The fraction of sp³-hybridized carbons (Fsp3) is 0.556. The zero-order chi connectivity index (χ0) is 11.8. The van der Waals surface area contributed by atoms with Crippen LogP contribution in [0.2, 0.25) is 5.15 Å². The van der Waals surface area contributed by atoms with Crippen molar-refractivity contribution in [2.75, 3.05) is 11.9 Å². The molecule has 0 spiro atoms. The summed E-state index contributed by atoms with van der Waals surface area (Å²) < 4.78 is 37.7. The lowest BCUT2D eigenvalue weighted by Crippen LogP contribution is -2.31. The number of nitrogens with one attached hydrogen (secondary N) is 1. The van der Waals surface area contributed by atoms with Gasteiger partial charge in [-0.05, 0) is 12.8 Å². The zero-order valence-electron chi connectivity index (χ0n) is 8.18. The minimum absolute atomic E-state index is 0.160. The lowest BCUT2D eigenvalue weighted by molar-refractivity contribution is -0.182. The first kappa shape index (κ1) is 11.4. The van der Waals surface area contributed by atoms with Crippen molar-refractivity contribution in [3.63, 3.8) is 0 Å². The molecule has 7 heteroatoms. The third-order valence-corrected chi connectivity index (χ3v) is 2.88. The van der Waals surface area contributed by atoms with Crippen LogP contribution in [0.5, 0.6) is 0 Å². The summed E-state index contributed by atoms with van der Waals surface area (Å²) in [5.74, 6) is 0.305. The van der Waals surface area contributed by atoms with Crippen molar-refractivity contribution in [2.24, 2.45) is 5.41 Å². The molecule has 1 saturated carbocycles. The average molecular weight is 252 g/mol. The van der Waals surface area contributed by atoms with E-state index in [0.717, 1.165) is 0 Å². The SMILES string of the molecule is FC(F)(F)C1(CNc2cnc(Cl)cn2)CC1. The second kappa shape index (κ2) is 3.76. The number of rotatable bonds is 3. The molecule has 3 nitrogen and oxygen atoms in total. The standard InChI is InChI=1S/C9H9ClF3N3/c10-6-3-15-7(4-14-6)16-5-8(1-2-8)9(11,12)13/h3-4H,1-2,5H2,(H,15,16). The zero-order valence-corrected chi connectivity index (χ0v) is 8.94. The second-order valence-electron chi connectivity index (χ2n) is 3.86. The molecule has 0 unspecified atom stereocenters. The second-order valence-corrected chi connectivity index (χ2v) is 4.24. The Balaban J connectivity index is 1.96. The Kier molecular flexibility index (Phi) is 2.69. The molecule has 1 aliphatic carbocycles. The van der Waals surface area contributed by atoms with Crippen molar-refractivity contribution in [1.82, 2.24) is 9.97 Å². The molecule has 1 N–H and O–H groups in total. The maximum Gasteiger partial charge on any atom is 0.396 e. The lowest BCUT2D eigenvalue weighted by atomic mass is 10.1. The van der Waals surface area contributed by atoms with E-state index in [1.165, 1.54) is 12.4 Å². The van der Waals surface area contributed by atoms with E-state index in [-0.39, 0.29) is 24.5 Å². The van der Waals surface area contributed by atoms with Crippen LogP contribution in [0.1, 0.15) is 12.8 Å². The molecule has 88 valence electrons. The van der Waals surface area contributed by atoms with Crippen LogP contribution in [0.3, 0.4) is 0 Å². The molecule has 0 bridgehead atoms. The quantitative estimate of drug-likeness (QED) is 0.898. The number of nitrogens with zero attached hydrogens (tertiary/aromatic N) is 2. The van der Waals surface area contributed by atoms with Gasteiger partial charge in [-0.2, -0.15) is 13.2 Å². The third-order valence-electron chi connectivity index (χ3n) is 2.68. The Bertz CT molecular complexity index is 373. The third kappa shape index (κ3) is 2.21. The van der Waals surface area contributed by atoms with E-state index in [9.17, 15) is 13.2 Å². The summed E-state index contributed by atoms with van der Waals surface area (Å²) in [4.78, 5) is 7.54. The fourth-order valence-corrected chi connectivity index (χ4v) is 1.47. The van der Waals surface area contributed by atoms with Crippen LogP contribution in [0.15, 0.2) is 12.4 Å². The van der Waals surface area contributed by atoms with E-state index in [1.54, 1.807) is 0 Å². The summed E-state index contributed by atoms with van der Waals surface area (Å²) in [5.41, 5.74) is -1.58. The van der Waals surface area contributed by atoms with Crippen LogP contribution in [0.25, 0.3) is 0 Å². The largest absolute Gasteiger partial charge is 0.396 e. The number of hydrogen-bond acceptors (Lipinski definition) is 3. The van der Waals surface area contributed by atoms with E-state index in [0.29, 0.717) is 5.82 Å². The first-order valence-corrected chi connectivity index (χ1v) is 5.09. The van der Waals surface area contributed by atoms with Crippen molar-refractivity contribution >= 4 is 17.4 Å². The van der Waals surface area contributed by atoms with Crippen LogP contribution in [0.4, 0.5) is 19.0 Å². The first-order chi connectivity index (χ1) is 7.43. The summed E-state index contributed by atoms with van der Waals surface area (Å²) in [6, 6.07) is 0. The molecule has 0 aliphatic heterocycles. The van der Waals surface area contributed by atoms with Crippen molar-refractivity contribution in [3.8, 4) is 0 Å². The molecule has 2 rings (SSSR count). The van der Waals surface area contributed by atoms with Gasteiger partial charge < -0.3 is 5.32 Å². The lowest BCUT2D eigenvalue weighted by Gasteiger charge is -2.19. The number of halogens is 4. The Morgan fingerprint density at radius 1 is 1.31 bits per heavy atom. The van der Waals surface area contributed by atoms with Gasteiger partial charge in [0.1, 0.15) is 11.0 Å². The predicted octanol–water partition coefficient (Wildman–Crippen LogP) is 2.88. The highest BCUT2D eigenvalue weighted by atomic mass is 35.5. The van der Waals surface area contributed by atoms with Gasteiger partial charge in [0.2, 0.25) is 0 Å². The van der Waals surface area contributed by atoms with Gasteiger partial charge in [0, 0.05) is 6.54 Å². The Morgan fingerprint density at radius 2 is 2.00 bits per heavy atom. The summed E-state index contributed by atoms with van der Waals surface area (Å²) in [6.45, 7) is -0.160. The molecular formula is C9H9ClF3N3. The molecule has 1 fully saturated rings. The molecule has 0 saturated heterocycles. The van der Waals surface area contributed by atoms with E-state index < -0.39 is 11.6 Å². The van der Waals surface area contributed by atoms with Crippen molar-refractivity contribution in [3.05, 3.63) is 17.5 Å². The van der Waals surface area contributed by atoms with Crippen LogP contribution < -0.4 is 5.32 Å². The Labute approximate surface area is 95.0 Å². The van der Waals surface area contributed by atoms with Gasteiger partial charge in [0.15, 0.2) is 0 Å². The first-order valence-electron chi connectivity index (χ1n) is 4.71. The van der Waals surface area contributed by atoms with Gasteiger partial charge in [0.05, 0.1) is 17.8 Å². The minimum Gasteiger partial charge on any atom is -0.368 e. The molecule has 0 radical (unpaired) electrons. The van der Waals surface area contributed by atoms with E-state index in [2.05, 4.69) is 15.3 Å². The van der Waals surface area contributed by atoms with Crippen molar-refractivity contribution < 1.29 is 13.2 Å². The Morgan fingerprint density at radius 3 is 2.44 bits per heavy atom. The molecule has 1 aromatic heterocycles. The highest BCUT2D eigenvalue weighted by molar-refractivity contribution is 6.29. The van der Waals surface area contributed by atoms with Gasteiger partial charge in [0.25, 0.3) is 0 Å². The molecule has 1 heterocycles. The summed E-state index contributed by atoms with van der Waals surface area (Å²) in [7, 11) is 0. The maximum absolute atomic E-state index is 12.6. The monoisotopic (exact) mass is 251 g/mol. The average Bonchev–Trinajstić information content (AvgIpc) is 2.97. The molecule has 0 atom stereocenters. The van der Waals surface area contributed by atoms with Gasteiger partial charge in [-0.25, -0.2) is 9.97 Å². The summed E-state index contributed by atoms with van der Waals surface area (Å²) >= 11 is 5.51. The number of anilines is 1. The van der Waals surface area contributed by atoms with Crippen LogP contribution >= 0.6 is 11.6 Å². The summed E-state index contributed by atoms with van der Waals surface area (Å²) in [5, 5.41) is 2.84. The van der Waals surface area contributed by atoms with Crippen molar-refractivity contribution in [1.29, 1.82) is 0 Å². The van der Waals surface area contributed by atoms with Gasteiger partial charge in [-0.1, -0.05) is 11.6 Å². The minimum atomic E-state index is -4.15. The predicted molar refractivity (Wildman–Crippen MR) is 53.3 cm³/mol. The number of aromatic nitrogens is 2. The highest BCUT2D eigenvalue weighted by Gasteiger charge is 2.62.